The lowest BCUT2D eigenvalue weighted by atomic mass is 9.96. The van der Waals surface area contributed by atoms with E-state index < -0.39 is 11.6 Å². The number of aryl methyl sites for hydroxylation is 1. The van der Waals surface area contributed by atoms with Crippen molar-refractivity contribution in [1.29, 1.82) is 0 Å². The molecule has 1 fully saturated rings. The van der Waals surface area contributed by atoms with E-state index in [0.717, 1.165) is 24.1 Å². The van der Waals surface area contributed by atoms with Crippen molar-refractivity contribution < 1.29 is 8.78 Å². The second-order valence-electron chi connectivity index (χ2n) is 4.92. The minimum absolute atomic E-state index is 0.152. The lowest BCUT2D eigenvalue weighted by Gasteiger charge is -2.21. The molecule has 1 saturated heterocycles. The standard InChI is InChI=1S/C13H18F2N2/c1-8-3-11(14)12(15)5-10(8)13-4-9(6-16)7-17(13)2/h3,5,9,13H,4,6-7,16H2,1-2H3. The third-order valence-corrected chi connectivity index (χ3v) is 3.64. The van der Waals surface area contributed by atoms with E-state index in [1.165, 1.54) is 12.1 Å². The zero-order chi connectivity index (χ0) is 12.6. The molecule has 0 aromatic heterocycles. The van der Waals surface area contributed by atoms with Crippen LogP contribution < -0.4 is 5.73 Å². The molecule has 17 heavy (non-hydrogen) atoms. The van der Waals surface area contributed by atoms with Gasteiger partial charge in [0.1, 0.15) is 0 Å². The molecule has 0 amide bonds. The first-order chi connectivity index (χ1) is 8.02. The van der Waals surface area contributed by atoms with Crippen LogP contribution in [0.15, 0.2) is 12.1 Å². The van der Waals surface area contributed by atoms with Gasteiger partial charge < -0.3 is 5.73 Å². The van der Waals surface area contributed by atoms with Crippen LogP contribution in [0.4, 0.5) is 8.78 Å². The lowest BCUT2D eigenvalue weighted by molar-refractivity contribution is 0.311. The Bertz CT molecular complexity index is 420. The van der Waals surface area contributed by atoms with E-state index in [-0.39, 0.29) is 6.04 Å². The molecule has 2 N–H and O–H groups in total. The summed E-state index contributed by atoms with van der Waals surface area (Å²) >= 11 is 0. The predicted molar refractivity (Wildman–Crippen MR) is 63.6 cm³/mol. The van der Waals surface area contributed by atoms with Crippen LogP contribution in [0.3, 0.4) is 0 Å². The second kappa shape index (κ2) is 4.70. The SMILES string of the molecule is Cc1cc(F)c(F)cc1C1CC(CN)CN1C. The Kier molecular flexibility index (Phi) is 3.45. The van der Waals surface area contributed by atoms with E-state index in [1.807, 2.05) is 14.0 Å². The van der Waals surface area contributed by atoms with Gasteiger partial charge in [0.2, 0.25) is 0 Å². The Balaban J connectivity index is 2.31. The molecule has 2 unspecified atom stereocenters. The largest absolute Gasteiger partial charge is 0.330 e. The molecule has 1 aromatic carbocycles. The van der Waals surface area contributed by atoms with Crippen molar-refractivity contribution in [3.8, 4) is 0 Å². The van der Waals surface area contributed by atoms with Crippen molar-refractivity contribution in [3.63, 3.8) is 0 Å². The highest BCUT2D eigenvalue weighted by Crippen LogP contribution is 2.35. The molecule has 0 spiro atoms. The van der Waals surface area contributed by atoms with Gasteiger partial charge in [0.15, 0.2) is 11.6 Å². The fourth-order valence-electron chi connectivity index (χ4n) is 2.66. The van der Waals surface area contributed by atoms with Crippen molar-refractivity contribution in [2.75, 3.05) is 20.1 Å². The molecular formula is C13H18F2N2. The number of halogens is 2. The first kappa shape index (κ1) is 12.5. The van der Waals surface area contributed by atoms with Gasteiger partial charge in [-0.25, -0.2) is 8.78 Å². The summed E-state index contributed by atoms with van der Waals surface area (Å²) in [6.07, 6.45) is 0.916. The maximum Gasteiger partial charge on any atom is 0.159 e. The van der Waals surface area contributed by atoms with Gasteiger partial charge >= 0.3 is 0 Å². The Morgan fingerprint density at radius 2 is 2.00 bits per heavy atom. The number of benzene rings is 1. The molecule has 0 radical (unpaired) electrons. The normalized spacial score (nSPS) is 25.5. The average Bonchev–Trinajstić information content (AvgIpc) is 2.65. The number of likely N-dealkylation sites (tertiary alicyclic amines) is 1. The molecule has 4 heteroatoms. The summed E-state index contributed by atoms with van der Waals surface area (Å²) in [6.45, 7) is 3.38. The molecule has 1 aromatic rings. The number of nitrogens with two attached hydrogens (primary N) is 1. The predicted octanol–water partition coefficient (Wildman–Crippen LogP) is 2.22. The van der Waals surface area contributed by atoms with Crippen molar-refractivity contribution in [3.05, 3.63) is 34.9 Å². The highest BCUT2D eigenvalue weighted by Gasteiger charge is 2.31. The number of hydrogen-bond donors (Lipinski definition) is 1. The zero-order valence-electron chi connectivity index (χ0n) is 10.2. The summed E-state index contributed by atoms with van der Waals surface area (Å²) in [5, 5.41) is 0. The van der Waals surface area contributed by atoms with E-state index in [0.29, 0.717) is 12.5 Å². The average molecular weight is 240 g/mol. The van der Waals surface area contributed by atoms with Crippen LogP contribution in [0.1, 0.15) is 23.6 Å². The van der Waals surface area contributed by atoms with Crippen LogP contribution in [0, 0.1) is 24.5 Å². The van der Waals surface area contributed by atoms with Crippen LogP contribution in [0.5, 0.6) is 0 Å². The van der Waals surface area contributed by atoms with Gasteiger partial charge in [-0.3, -0.25) is 4.90 Å². The minimum atomic E-state index is -0.776. The molecule has 2 rings (SSSR count). The molecule has 2 atom stereocenters. The minimum Gasteiger partial charge on any atom is -0.330 e. The van der Waals surface area contributed by atoms with Crippen molar-refractivity contribution >= 4 is 0 Å². The lowest BCUT2D eigenvalue weighted by Crippen LogP contribution is -2.21. The Morgan fingerprint density at radius 1 is 1.35 bits per heavy atom. The Morgan fingerprint density at radius 3 is 2.59 bits per heavy atom. The number of hydrogen-bond acceptors (Lipinski definition) is 2. The van der Waals surface area contributed by atoms with Crippen LogP contribution >= 0.6 is 0 Å². The molecule has 1 aliphatic rings. The molecule has 94 valence electrons. The summed E-state index contributed by atoms with van der Waals surface area (Å²) in [7, 11) is 2.00. The maximum atomic E-state index is 13.3. The van der Waals surface area contributed by atoms with E-state index >= 15 is 0 Å². The third kappa shape index (κ3) is 2.33. The van der Waals surface area contributed by atoms with Crippen LogP contribution in [-0.2, 0) is 0 Å². The van der Waals surface area contributed by atoms with Crippen molar-refractivity contribution in [1.82, 2.24) is 4.90 Å². The fourth-order valence-corrected chi connectivity index (χ4v) is 2.66. The molecule has 0 aliphatic carbocycles. The molecule has 0 saturated carbocycles. The summed E-state index contributed by atoms with van der Waals surface area (Å²) < 4.78 is 26.4. The van der Waals surface area contributed by atoms with Crippen molar-refractivity contribution in [2.24, 2.45) is 11.7 Å². The van der Waals surface area contributed by atoms with Crippen LogP contribution in [0.2, 0.25) is 0 Å². The van der Waals surface area contributed by atoms with E-state index in [9.17, 15) is 8.78 Å². The molecular weight excluding hydrogens is 222 g/mol. The van der Waals surface area contributed by atoms with Gasteiger partial charge in [0.25, 0.3) is 0 Å². The highest BCUT2D eigenvalue weighted by molar-refractivity contribution is 5.31. The van der Waals surface area contributed by atoms with Gasteiger partial charge in [-0.1, -0.05) is 0 Å². The highest BCUT2D eigenvalue weighted by atomic mass is 19.2. The van der Waals surface area contributed by atoms with Gasteiger partial charge in [0.05, 0.1) is 0 Å². The third-order valence-electron chi connectivity index (χ3n) is 3.64. The Hall–Kier alpha value is -1.00. The van der Waals surface area contributed by atoms with Crippen molar-refractivity contribution in [2.45, 2.75) is 19.4 Å². The quantitative estimate of drug-likeness (QED) is 0.859. The Labute approximate surface area is 100 Å². The smallest absolute Gasteiger partial charge is 0.159 e. The summed E-state index contributed by atoms with van der Waals surface area (Å²) in [5.74, 6) is -1.10. The monoisotopic (exact) mass is 240 g/mol. The van der Waals surface area contributed by atoms with E-state index in [1.54, 1.807) is 0 Å². The van der Waals surface area contributed by atoms with E-state index in [2.05, 4.69) is 4.90 Å². The second-order valence-corrected chi connectivity index (χ2v) is 4.92. The van der Waals surface area contributed by atoms with Crippen LogP contribution in [0.25, 0.3) is 0 Å². The topological polar surface area (TPSA) is 29.3 Å². The number of nitrogens with zero attached hydrogens (tertiary/aromatic N) is 1. The molecule has 2 nitrogen and oxygen atoms in total. The molecule has 1 aliphatic heterocycles. The molecule has 0 bridgehead atoms. The van der Waals surface area contributed by atoms with Gasteiger partial charge in [-0.05, 0) is 56.1 Å². The fraction of sp³-hybridized carbons (Fsp3) is 0.538. The summed E-state index contributed by atoms with van der Waals surface area (Å²) in [6, 6.07) is 2.75. The van der Waals surface area contributed by atoms with Crippen LogP contribution in [-0.4, -0.2) is 25.0 Å². The first-order valence-corrected chi connectivity index (χ1v) is 5.88. The molecule has 1 heterocycles. The van der Waals surface area contributed by atoms with E-state index in [4.69, 9.17) is 5.73 Å². The van der Waals surface area contributed by atoms with Gasteiger partial charge in [-0.2, -0.15) is 0 Å². The first-order valence-electron chi connectivity index (χ1n) is 5.88. The van der Waals surface area contributed by atoms with Gasteiger partial charge in [-0.15, -0.1) is 0 Å². The maximum absolute atomic E-state index is 13.3. The zero-order valence-corrected chi connectivity index (χ0v) is 10.2. The summed E-state index contributed by atoms with van der Waals surface area (Å²) in [5.41, 5.74) is 7.35. The summed E-state index contributed by atoms with van der Waals surface area (Å²) in [4.78, 5) is 2.16. The van der Waals surface area contributed by atoms with Gasteiger partial charge in [0, 0.05) is 12.6 Å². The number of rotatable bonds is 2.